The number of nitrogens with two attached hydrogens (primary N) is 1. The van der Waals surface area contributed by atoms with Gasteiger partial charge in [0.15, 0.2) is 0 Å². The maximum absolute atomic E-state index is 12.3. The topological polar surface area (TPSA) is 75.4 Å². The molecule has 0 bridgehead atoms. The molecule has 0 radical (unpaired) electrons. The van der Waals surface area contributed by atoms with Gasteiger partial charge in [-0.1, -0.05) is 12.1 Å². The molecule has 5 heteroatoms. The van der Waals surface area contributed by atoms with Gasteiger partial charge in [0.05, 0.1) is 5.56 Å². The van der Waals surface area contributed by atoms with Gasteiger partial charge < -0.3 is 16.2 Å². The number of rotatable bonds is 5. The van der Waals surface area contributed by atoms with Gasteiger partial charge in [-0.3, -0.25) is 4.79 Å². The molecule has 2 rings (SSSR count). The number of halogens is 1. The maximum Gasteiger partial charge on any atom is 0.256 e. The van der Waals surface area contributed by atoms with Crippen LogP contribution in [0.2, 0.25) is 0 Å². The van der Waals surface area contributed by atoms with Gasteiger partial charge in [-0.25, -0.2) is 0 Å². The number of aliphatic hydroxyl groups excluding tert-OH is 1. The molecule has 0 aliphatic carbocycles. The number of benzene rings is 2. The standard InChI is InChI=1S/C16H17BrN2O2/c17-15-7-6-12(18)10-14(15)16(21)19-13-5-1-3-11(9-13)4-2-8-20/h1,3,5-7,9-10,20H,2,4,8,18H2,(H,19,21). The molecular weight excluding hydrogens is 332 g/mol. The number of nitrogens with one attached hydrogen (secondary N) is 1. The number of amides is 1. The van der Waals surface area contributed by atoms with Crippen molar-refractivity contribution in [3.05, 3.63) is 58.1 Å². The first-order chi connectivity index (χ1) is 10.1. The van der Waals surface area contributed by atoms with Crippen molar-refractivity contribution in [1.82, 2.24) is 0 Å². The van der Waals surface area contributed by atoms with E-state index < -0.39 is 0 Å². The lowest BCUT2D eigenvalue weighted by Crippen LogP contribution is -2.13. The molecule has 2 aromatic carbocycles. The van der Waals surface area contributed by atoms with E-state index in [-0.39, 0.29) is 12.5 Å². The van der Waals surface area contributed by atoms with Gasteiger partial charge in [-0.15, -0.1) is 0 Å². The Balaban J connectivity index is 2.14. The van der Waals surface area contributed by atoms with E-state index in [2.05, 4.69) is 21.2 Å². The van der Waals surface area contributed by atoms with Crippen LogP contribution in [0.15, 0.2) is 46.9 Å². The second-order valence-electron chi connectivity index (χ2n) is 4.72. The largest absolute Gasteiger partial charge is 0.399 e. The molecule has 2 aromatic rings. The first-order valence-electron chi connectivity index (χ1n) is 6.66. The second-order valence-corrected chi connectivity index (χ2v) is 5.58. The molecule has 21 heavy (non-hydrogen) atoms. The minimum atomic E-state index is -0.214. The second kappa shape index (κ2) is 7.24. The molecule has 0 aromatic heterocycles. The average molecular weight is 349 g/mol. The zero-order valence-electron chi connectivity index (χ0n) is 11.5. The minimum Gasteiger partial charge on any atom is -0.399 e. The van der Waals surface area contributed by atoms with Crippen LogP contribution in [0.1, 0.15) is 22.3 Å². The van der Waals surface area contributed by atoms with Crippen molar-refractivity contribution in [3.63, 3.8) is 0 Å². The first kappa shape index (κ1) is 15.5. The molecule has 0 spiro atoms. The van der Waals surface area contributed by atoms with Crippen LogP contribution in [-0.2, 0) is 6.42 Å². The highest BCUT2D eigenvalue weighted by molar-refractivity contribution is 9.10. The fourth-order valence-electron chi connectivity index (χ4n) is 2.00. The highest BCUT2D eigenvalue weighted by Crippen LogP contribution is 2.21. The van der Waals surface area contributed by atoms with Crippen molar-refractivity contribution in [2.45, 2.75) is 12.8 Å². The van der Waals surface area contributed by atoms with Crippen LogP contribution in [0.25, 0.3) is 0 Å². The van der Waals surface area contributed by atoms with Crippen molar-refractivity contribution < 1.29 is 9.90 Å². The molecule has 0 saturated heterocycles. The molecule has 4 nitrogen and oxygen atoms in total. The lowest BCUT2D eigenvalue weighted by atomic mass is 10.1. The number of anilines is 2. The Morgan fingerprint density at radius 1 is 1.24 bits per heavy atom. The highest BCUT2D eigenvalue weighted by atomic mass is 79.9. The first-order valence-corrected chi connectivity index (χ1v) is 7.45. The number of aryl methyl sites for hydroxylation is 1. The van der Waals surface area contributed by atoms with Crippen molar-refractivity contribution in [2.75, 3.05) is 17.7 Å². The summed E-state index contributed by atoms with van der Waals surface area (Å²) >= 11 is 3.35. The predicted octanol–water partition coefficient (Wildman–Crippen LogP) is 3.21. The van der Waals surface area contributed by atoms with Gasteiger partial charge in [0, 0.05) is 22.5 Å². The van der Waals surface area contributed by atoms with Crippen molar-refractivity contribution in [1.29, 1.82) is 0 Å². The molecule has 1 amide bonds. The molecule has 0 atom stereocenters. The summed E-state index contributed by atoms with van der Waals surface area (Å²) in [7, 11) is 0. The van der Waals surface area contributed by atoms with E-state index in [1.54, 1.807) is 18.2 Å². The van der Waals surface area contributed by atoms with E-state index in [0.717, 1.165) is 17.7 Å². The van der Waals surface area contributed by atoms with Gasteiger partial charge >= 0.3 is 0 Å². The number of aliphatic hydroxyl groups is 1. The predicted molar refractivity (Wildman–Crippen MR) is 88.4 cm³/mol. The molecule has 0 fully saturated rings. The Bertz CT molecular complexity index is 644. The lowest BCUT2D eigenvalue weighted by Gasteiger charge is -2.09. The van der Waals surface area contributed by atoms with Crippen LogP contribution in [-0.4, -0.2) is 17.6 Å². The number of carbonyl (C=O) groups is 1. The van der Waals surface area contributed by atoms with Crippen LogP contribution < -0.4 is 11.1 Å². The molecule has 0 heterocycles. The molecule has 0 aliphatic heterocycles. The third-order valence-corrected chi connectivity index (χ3v) is 3.73. The summed E-state index contributed by atoms with van der Waals surface area (Å²) in [6, 6.07) is 12.7. The molecule has 0 unspecified atom stereocenters. The summed E-state index contributed by atoms with van der Waals surface area (Å²) < 4.78 is 0.700. The fourth-order valence-corrected chi connectivity index (χ4v) is 2.43. The zero-order valence-corrected chi connectivity index (χ0v) is 13.1. The van der Waals surface area contributed by atoms with Gasteiger partial charge in [0.2, 0.25) is 0 Å². The molecular formula is C16H17BrN2O2. The summed E-state index contributed by atoms with van der Waals surface area (Å²) in [6.07, 6.45) is 1.49. The van der Waals surface area contributed by atoms with Gasteiger partial charge in [-0.2, -0.15) is 0 Å². The summed E-state index contributed by atoms with van der Waals surface area (Å²) in [5.74, 6) is -0.214. The summed E-state index contributed by atoms with van der Waals surface area (Å²) in [5, 5.41) is 11.7. The number of carbonyl (C=O) groups excluding carboxylic acids is 1. The molecule has 0 saturated carbocycles. The maximum atomic E-state index is 12.3. The van der Waals surface area contributed by atoms with Crippen molar-refractivity contribution in [3.8, 4) is 0 Å². The van der Waals surface area contributed by atoms with Gasteiger partial charge in [0.25, 0.3) is 5.91 Å². The van der Waals surface area contributed by atoms with E-state index in [9.17, 15) is 4.79 Å². The molecule has 110 valence electrons. The average Bonchev–Trinajstić information content (AvgIpc) is 2.48. The third-order valence-electron chi connectivity index (χ3n) is 3.04. The number of hydrogen-bond acceptors (Lipinski definition) is 3. The van der Waals surface area contributed by atoms with E-state index in [4.69, 9.17) is 10.8 Å². The van der Waals surface area contributed by atoms with E-state index in [0.29, 0.717) is 22.1 Å². The molecule has 0 aliphatic rings. The summed E-state index contributed by atoms with van der Waals surface area (Å²) in [5.41, 5.74) is 8.55. The quantitative estimate of drug-likeness (QED) is 0.726. The van der Waals surface area contributed by atoms with Crippen LogP contribution in [0.4, 0.5) is 11.4 Å². The van der Waals surface area contributed by atoms with E-state index >= 15 is 0 Å². The minimum absolute atomic E-state index is 0.160. The smallest absolute Gasteiger partial charge is 0.256 e. The SMILES string of the molecule is Nc1ccc(Br)c(C(=O)Nc2cccc(CCCO)c2)c1. The van der Waals surface area contributed by atoms with Crippen LogP contribution in [0.3, 0.4) is 0 Å². The van der Waals surface area contributed by atoms with Gasteiger partial charge in [0.1, 0.15) is 0 Å². The monoisotopic (exact) mass is 348 g/mol. The van der Waals surface area contributed by atoms with E-state index in [1.165, 1.54) is 0 Å². The van der Waals surface area contributed by atoms with Crippen molar-refractivity contribution in [2.24, 2.45) is 0 Å². The Hall–Kier alpha value is -1.85. The number of hydrogen-bond donors (Lipinski definition) is 3. The zero-order chi connectivity index (χ0) is 15.2. The molecule has 4 N–H and O–H groups in total. The van der Waals surface area contributed by atoms with E-state index in [1.807, 2.05) is 24.3 Å². The van der Waals surface area contributed by atoms with Gasteiger partial charge in [-0.05, 0) is 64.7 Å². The van der Waals surface area contributed by atoms with Crippen LogP contribution in [0, 0.1) is 0 Å². The summed E-state index contributed by atoms with van der Waals surface area (Å²) in [4.78, 5) is 12.3. The van der Waals surface area contributed by atoms with Crippen molar-refractivity contribution >= 4 is 33.2 Å². The Kier molecular flexibility index (Phi) is 5.36. The highest BCUT2D eigenvalue weighted by Gasteiger charge is 2.11. The van der Waals surface area contributed by atoms with Crippen LogP contribution >= 0.6 is 15.9 Å². The Morgan fingerprint density at radius 3 is 2.81 bits per heavy atom. The van der Waals surface area contributed by atoms with Crippen LogP contribution in [0.5, 0.6) is 0 Å². The Labute approximate surface area is 132 Å². The number of nitrogen functional groups attached to an aromatic ring is 1. The lowest BCUT2D eigenvalue weighted by molar-refractivity contribution is 0.102. The normalized spacial score (nSPS) is 10.4. The third kappa shape index (κ3) is 4.31. The fraction of sp³-hybridized carbons (Fsp3) is 0.188. The Morgan fingerprint density at radius 2 is 2.05 bits per heavy atom. The summed E-state index contributed by atoms with van der Waals surface area (Å²) in [6.45, 7) is 0.160.